The Balaban J connectivity index is 2.47. The number of rotatable bonds is 3. The molecule has 0 spiro atoms. The minimum absolute atomic E-state index is 0.0505. The van der Waals surface area contributed by atoms with Crippen molar-refractivity contribution >= 4 is 11.9 Å². The van der Waals surface area contributed by atoms with Crippen LogP contribution in [0.2, 0.25) is 0 Å². The SMILES string of the molecule is CC(COC(=O)C(N)=O)c1ccccc1. The van der Waals surface area contributed by atoms with Crippen LogP contribution in [0.3, 0.4) is 0 Å². The van der Waals surface area contributed by atoms with Gasteiger partial charge in [0.1, 0.15) is 0 Å². The van der Waals surface area contributed by atoms with Gasteiger partial charge in [-0.3, -0.25) is 4.79 Å². The molecule has 0 aliphatic heterocycles. The number of ether oxygens (including phenoxy) is 1. The van der Waals surface area contributed by atoms with E-state index in [0.717, 1.165) is 5.56 Å². The van der Waals surface area contributed by atoms with Gasteiger partial charge in [0.15, 0.2) is 0 Å². The summed E-state index contributed by atoms with van der Waals surface area (Å²) in [5.74, 6) is -2.00. The van der Waals surface area contributed by atoms with Crippen LogP contribution in [-0.2, 0) is 14.3 Å². The molecule has 0 aliphatic rings. The maximum Gasteiger partial charge on any atom is 0.396 e. The summed E-state index contributed by atoms with van der Waals surface area (Å²) >= 11 is 0. The molecule has 80 valence electrons. The fourth-order valence-corrected chi connectivity index (χ4v) is 1.15. The lowest BCUT2D eigenvalue weighted by Gasteiger charge is -2.11. The fraction of sp³-hybridized carbons (Fsp3) is 0.273. The van der Waals surface area contributed by atoms with Gasteiger partial charge in [0, 0.05) is 5.92 Å². The number of nitrogens with two attached hydrogens (primary N) is 1. The Labute approximate surface area is 88.0 Å². The minimum Gasteiger partial charge on any atom is -0.458 e. The first-order valence-corrected chi connectivity index (χ1v) is 4.62. The van der Waals surface area contributed by atoms with E-state index in [1.165, 1.54) is 0 Å². The van der Waals surface area contributed by atoms with E-state index in [1.54, 1.807) is 0 Å². The first-order valence-electron chi connectivity index (χ1n) is 4.62. The van der Waals surface area contributed by atoms with Gasteiger partial charge < -0.3 is 10.5 Å². The van der Waals surface area contributed by atoms with Gasteiger partial charge in [-0.2, -0.15) is 0 Å². The topological polar surface area (TPSA) is 69.4 Å². The van der Waals surface area contributed by atoms with E-state index < -0.39 is 11.9 Å². The van der Waals surface area contributed by atoms with Crippen LogP contribution in [0.15, 0.2) is 30.3 Å². The normalized spacial score (nSPS) is 11.8. The summed E-state index contributed by atoms with van der Waals surface area (Å²) in [6.45, 7) is 2.06. The molecule has 0 aromatic heterocycles. The van der Waals surface area contributed by atoms with Crippen LogP contribution < -0.4 is 5.73 Å². The summed E-state index contributed by atoms with van der Waals surface area (Å²) in [4.78, 5) is 21.2. The Kier molecular flexibility index (Phi) is 3.85. The third-order valence-corrected chi connectivity index (χ3v) is 2.03. The number of carbonyl (C=O) groups is 2. The molecule has 1 unspecified atom stereocenters. The average molecular weight is 207 g/mol. The highest BCUT2D eigenvalue weighted by Crippen LogP contribution is 2.14. The van der Waals surface area contributed by atoms with Crippen LogP contribution in [0.25, 0.3) is 0 Å². The molecule has 15 heavy (non-hydrogen) atoms. The van der Waals surface area contributed by atoms with Crippen molar-refractivity contribution in [3.05, 3.63) is 35.9 Å². The molecular weight excluding hydrogens is 194 g/mol. The van der Waals surface area contributed by atoms with Gasteiger partial charge in [-0.1, -0.05) is 37.3 Å². The maximum absolute atomic E-state index is 10.8. The van der Waals surface area contributed by atoms with Crippen LogP contribution in [-0.4, -0.2) is 18.5 Å². The lowest BCUT2D eigenvalue weighted by Crippen LogP contribution is -2.26. The molecule has 4 nitrogen and oxygen atoms in total. The van der Waals surface area contributed by atoms with E-state index in [9.17, 15) is 9.59 Å². The quantitative estimate of drug-likeness (QED) is 0.589. The van der Waals surface area contributed by atoms with Gasteiger partial charge in [0.05, 0.1) is 6.61 Å². The average Bonchev–Trinajstić information content (AvgIpc) is 2.26. The van der Waals surface area contributed by atoms with Crippen molar-refractivity contribution in [2.24, 2.45) is 5.73 Å². The summed E-state index contributed by atoms with van der Waals surface area (Å²) in [6, 6.07) is 9.58. The van der Waals surface area contributed by atoms with Crippen LogP contribution in [0.4, 0.5) is 0 Å². The standard InChI is InChI=1S/C11H13NO3/c1-8(7-15-11(14)10(12)13)9-5-3-2-4-6-9/h2-6,8H,7H2,1H3,(H2,12,13). The zero-order chi connectivity index (χ0) is 11.3. The van der Waals surface area contributed by atoms with Crippen molar-refractivity contribution in [1.29, 1.82) is 0 Å². The second kappa shape index (κ2) is 5.14. The molecule has 0 fully saturated rings. The highest BCUT2D eigenvalue weighted by atomic mass is 16.5. The molecule has 0 saturated carbocycles. The van der Waals surface area contributed by atoms with E-state index in [4.69, 9.17) is 10.5 Å². The Morgan fingerprint density at radius 2 is 1.93 bits per heavy atom. The van der Waals surface area contributed by atoms with Crippen LogP contribution in [0.1, 0.15) is 18.4 Å². The Bertz CT molecular complexity index is 348. The zero-order valence-electron chi connectivity index (χ0n) is 8.47. The molecule has 0 radical (unpaired) electrons. The number of primary amides is 1. The predicted molar refractivity (Wildman–Crippen MR) is 55.0 cm³/mol. The molecule has 1 amide bonds. The monoisotopic (exact) mass is 207 g/mol. The van der Waals surface area contributed by atoms with Crippen molar-refractivity contribution in [2.45, 2.75) is 12.8 Å². The van der Waals surface area contributed by atoms with Crippen molar-refractivity contribution in [2.75, 3.05) is 6.61 Å². The molecule has 0 heterocycles. The molecule has 1 atom stereocenters. The van der Waals surface area contributed by atoms with Gasteiger partial charge in [-0.25, -0.2) is 4.79 Å². The third kappa shape index (κ3) is 3.42. The van der Waals surface area contributed by atoms with Gasteiger partial charge in [0.25, 0.3) is 0 Å². The second-order valence-corrected chi connectivity index (χ2v) is 3.27. The number of hydrogen-bond acceptors (Lipinski definition) is 3. The van der Waals surface area contributed by atoms with E-state index in [2.05, 4.69) is 0 Å². The molecular formula is C11H13NO3. The van der Waals surface area contributed by atoms with Crippen molar-refractivity contribution in [1.82, 2.24) is 0 Å². The molecule has 0 bridgehead atoms. The van der Waals surface area contributed by atoms with Crippen LogP contribution in [0, 0.1) is 0 Å². The lowest BCUT2D eigenvalue weighted by atomic mass is 10.0. The van der Waals surface area contributed by atoms with Crippen molar-refractivity contribution in [3.8, 4) is 0 Å². The van der Waals surface area contributed by atoms with Gasteiger partial charge >= 0.3 is 11.9 Å². The van der Waals surface area contributed by atoms with E-state index in [0.29, 0.717) is 0 Å². The Hall–Kier alpha value is -1.84. The van der Waals surface area contributed by atoms with E-state index in [1.807, 2.05) is 37.3 Å². The Morgan fingerprint density at radius 3 is 2.47 bits per heavy atom. The smallest absolute Gasteiger partial charge is 0.396 e. The first-order chi connectivity index (χ1) is 7.11. The van der Waals surface area contributed by atoms with E-state index >= 15 is 0 Å². The number of esters is 1. The highest BCUT2D eigenvalue weighted by molar-refractivity contribution is 6.31. The Morgan fingerprint density at radius 1 is 1.33 bits per heavy atom. The van der Waals surface area contributed by atoms with E-state index in [-0.39, 0.29) is 12.5 Å². The summed E-state index contributed by atoms with van der Waals surface area (Å²) in [6.07, 6.45) is 0. The number of amides is 1. The summed E-state index contributed by atoms with van der Waals surface area (Å²) in [5.41, 5.74) is 5.80. The van der Waals surface area contributed by atoms with Crippen LogP contribution in [0.5, 0.6) is 0 Å². The van der Waals surface area contributed by atoms with Crippen molar-refractivity contribution < 1.29 is 14.3 Å². The van der Waals surface area contributed by atoms with Crippen molar-refractivity contribution in [3.63, 3.8) is 0 Å². The number of hydrogen-bond donors (Lipinski definition) is 1. The van der Waals surface area contributed by atoms with Gasteiger partial charge in [0.2, 0.25) is 0 Å². The molecule has 4 heteroatoms. The molecule has 0 aliphatic carbocycles. The first kappa shape index (κ1) is 11.2. The lowest BCUT2D eigenvalue weighted by molar-refractivity contribution is -0.153. The third-order valence-electron chi connectivity index (χ3n) is 2.03. The molecule has 1 aromatic carbocycles. The van der Waals surface area contributed by atoms with Crippen LogP contribution >= 0.6 is 0 Å². The maximum atomic E-state index is 10.8. The molecule has 1 aromatic rings. The summed E-state index contributed by atoms with van der Waals surface area (Å²) in [5, 5.41) is 0. The minimum atomic E-state index is -1.06. The summed E-state index contributed by atoms with van der Waals surface area (Å²) in [7, 11) is 0. The second-order valence-electron chi connectivity index (χ2n) is 3.27. The highest BCUT2D eigenvalue weighted by Gasteiger charge is 2.13. The number of benzene rings is 1. The van der Waals surface area contributed by atoms with Gasteiger partial charge in [-0.05, 0) is 5.56 Å². The molecule has 2 N–H and O–H groups in total. The number of carbonyl (C=O) groups excluding carboxylic acids is 2. The zero-order valence-corrected chi connectivity index (χ0v) is 8.47. The molecule has 1 rings (SSSR count). The predicted octanol–water partition coefficient (Wildman–Crippen LogP) is 0.819. The van der Waals surface area contributed by atoms with Gasteiger partial charge in [-0.15, -0.1) is 0 Å². The largest absolute Gasteiger partial charge is 0.458 e. The summed E-state index contributed by atoms with van der Waals surface area (Å²) < 4.78 is 4.71. The molecule has 0 saturated heterocycles. The fourth-order valence-electron chi connectivity index (χ4n) is 1.15.